The van der Waals surface area contributed by atoms with E-state index in [9.17, 15) is 33.6 Å². The van der Waals surface area contributed by atoms with Gasteiger partial charge in [-0.3, -0.25) is 33.5 Å². The van der Waals surface area contributed by atoms with Crippen LogP contribution >= 0.6 is 0 Å². The van der Waals surface area contributed by atoms with E-state index in [1.54, 1.807) is 27.0 Å². The summed E-state index contributed by atoms with van der Waals surface area (Å²) in [6.45, 7) is 7.75. The number of aromatic nitrogens is 3. The van der Waals surface area contributed by atoms with Crippen LogP contribution in [0.3, 0.4) is 0 Å². The van der Waals surface area contributed by atoms with Crippen LogP contribution in [0.5, 0.6) is 0 Å². The molecule has 1 fully saturated rings. The van der Waals surface area contributed by atoms with E-state index < -0.39 is 90.0 Å². The summed E-state index contributed by atoms with van der Waals surface area (Å²) >= 11 is 0. The van der Waals surface area contributed by atoms with Crippen molar-refractivity contribution < 1.29 is 47.7 Å². The normalized spacial score (nSPS) is 20.1. The van der Waals surface area contributed by atoms with Gasteiger partial charge in [-0.05, 0) is 32.4 Å². The molecule has 17 heteroatoms. The molecule has 1 aromatic carbocycles. The van der Waals surface area contributed by atoms with Crippen LogP contribution in [0.1, 0.15) is 53.3 Å². The summed E-state index contributed by atoms with van der Waals surface area (Å²) in [6, 6.07) is 5.81. The van der Waals surface area contributed by atoms with Crippen molar-refractivity contribution in [2.24, 2.45) is 0 Å². The molecular weight excluding hydrogens is 646 g/mol. The number of carbonyl (C=O) groups excluding carboxylic acids is 5. The van der Waals surface area contributed by atoms with Gasteiger partial charge in [0.2, 0.25) is 5.91 Å². The zero-order chi connectivity index (χ0) is 36.0. The number of nitrogens with zero attached hydrogens (tertiary/aromatic N) is 1. The molecule has 264 valence electrons. The van der Waals surface area contributed by atoms with E-state index >= 15 is 0 Å². The van der Waals surface area contributed by atoms with Crippen LogP contribution < -0.4 is 21.9 Å². The first kappa shape index (κ1) is 36.4. The molecule has 49 heavy (non-hydrogen) atoms. The fourth-order valence-corrected chi connectivity index (χ4v) is 5.37. The number of nitrogens with one attached hydrogen (secondary N) is 4. The quantitative estimate of drug-likeness (QED) is 0.164. The molecule has 0 spiro atoms. The van der Waals surface area contributed by atoms with E-state index in [1.165, 1.54) is 0 Å². The second-order valence-corrected chi connectivity index (χ2v) is 12.3. The summed E-state index contributed by atoms with van der Waals surface area (Å²) in [6.07, 6.45) is -3.91. The lowest BCUT2D eigenvalue weighted by atomic mass is 10.0. The number of aromatic amines is 2. The van der Waals surface area contributed by atoms with Gasteiger partial charge in [0.05, 0.1) is 6.04 Å². The highest BCUT2D eigenvalue weighted by molar-refractivity contribution is 5.88. The first-order valence-electron chi connectivity index (χ1n) is 15.3. The Labute approximate surface area is 279 Å². The van der Waals surface area contributed by atoms with Crippen LogP contribution in [0, 0.1) is 0 Å². The lowest BCUT2D eigenvalue weighted by Crippen LogP contribution is -2.57. The maximum absolute atomic E-state index is 14.1. The molecule has 17 nitrogen and oxygen atoms in total. The SMILES string of the molecule is CC(=O)OC[C@H](NC(=O)[C@H](Cc1c[nH]c2ccccc12)NC(=O)OC(C)(C)C)[C@H]1O[C@@H](n2ccc(=O)[nH]c2=O)[C@@H](OC(C)=O)[C@H]1OC(C)=O. The number of fused-ring (bicyclic) bond motifs is 1. The van der Waals surface area contributed by atoms with Crippen LogP contribution in [0.2, 0.25) is 0 Å². The summed E-state index contributed by atoms with van der Waals surface area (Å²) < 4.78 is 28.7. The smallest absolute Gasteiger partial charge is 0.408 e. The molecule has 4 rings (SSSR count). The van der Waals surface area contributed by atoms with Crippen molar-refractivity contribution >= 4 is 40.8 Å². The Morgan fingerprint density at radius 3 is 2.24 bits per heavy atom. The standard InChI is InChI=1S/C32H39N5O12/c1-16(38)45-15-23(25-26(46-17(2)39)27(47-18(3)40)29(48-25)37-12-11-24(41)36-30(37)43)34-28(42)22(35-31(44)49-32(4,5)6)13-19-14-33-21-10-8-7-9-20(19)21/h7-12,14,22-23,25-27,29,33H,13,15H2,1-6H3,(H,34,42)(H,35,44)(H,36,41,43)/t22-,23-,25+,26-,27-,29+/m0/s1. The van der Waals surface area contributed by atoms with Crippen LogP contribution in [-0.2, 0) is 49.3 Å². The van der Waals surface area contributed by atoms with Crippen molar-refractivity contribution in [2.45, 2.75) is 90.2 Å². The average Bonchev–Trinajstić information content (AvgIpc) is 3.54. The Kier molecular flexibility index (Phi) is 11.3. The summed E-state index contributed by atoms with van der Waals surface area (Å²) in [4.78, 5) is 93.2. The molecule has 3 aromatic rings. The van der Waals surface area contributed by atoms with E-state index in [0.717, 1.165) is 48.5 Å². The number of ether oxygens (including phenoxy) is 5. The molecule has 1 saturated heterocycles. The Bertz CT molecular complexity index is 1820. The molecule has 6 atom stereocenters. The van der Waals surface area contributed by atoms with E-state index in [-0.39, 0.29) is 6.42 Å². The number of hydrogen-bond acceptors (Lipinski definition) is 12. The number of rotatable bonds is 11. The predicted molar refractivity (Wildman–Crippen MR) is 170 cm³/mol. The van der Waals surface area contributed by atoms with Gasteiger partial charge in [-0.15, -0.1) is 0 Å². The third-order valence-corrected chi connectivity index (χ3v) is 7.25. The van der Waals surface area contributed by atoms with Crippen LogP contribution in [0.4, 0.5) is 4.79 Å². The number of para-hydroxylation sites is 1. The van der Waals surface area contributed by atoms with Crippen LogP contribution in [-0.4, -0.2) is 87.0 Å². The van der Waals surface area contributed by atoms with Crippen molar-refractivity contribution in [2.75, 3.05) is 6.61 Å². The third kappa shape index (κ3) is 9.56. The number of benzene rings is 1. The second kappa shape index (κ2) is 15.2. The van der Waals surface area contributed by atoms with Crippen molar-refractivity contribution in [3.63, 3.8) is 0 Å². The first-order chi connectivity index (χ1) is 23.0. The highest BCUT2D eigenvalue weighted by Crippen LogP contribution is 2.35. The zero-order valence-electron chi connectivity index (χ0n) is 27.8. The number of alkyl carbamates (subject to hydrolysis) is 1. The number of hydrogen-bond donors (Lipinski definition) is 4. The van der Waals surface area contributed by atoms with Gasteiger partial charge in [-0.25, -0.2) is 9.59 Å². The highest BCUT2D eigenvalue weighted by atomic mass is 16.6. The summed E-state index contributed by atoms with van der Waals surface area (Å²) in [5.41, 5.74) is -1.05. The van der Waals surface area contributed by atoms with E-state index in [4.69, 9.17) is 23.7 Å². The lowest BCUT2D eigenvalue weighted by Gasteiger charge is -2.30. The van der Waals surface area contributed by atoms with Crippen molar-refractivity contribution in [3.05, 3.63) is 69.1 Å². The zero-order valence-corrected chi connectivity index (χ0v) is 27.8. The molecule has 1 aliphatic heterocycles. The number of H-pyrrole nitrogens is 2. The van der Waals surface area contributed by atoms with Gasteiger partial charge in [0.25, 0.3) is 5.56 Å². The van der Waals surface area contributed by atoms with E-state index in [0.29, 0.717) is 5.56 Å². The molecule has 3 heterocycles. The molecule has 0 saturated carbocycles. The molecule has 4 N–H and O–H groups in total. The molecular formula is C32H39N5O12. The first-order valence-corrected chi connectivity index (χ1v) is 15.3. The van der Waals surface area contributed by atoms with Gasteiger partial charge in [-0.1, -0.05) is 18.2 Å². The van der Waals surface area contributed by atoms with Gasteiger partial charge in [0.1, 0.15) is 24.4 Å². The largest absolute Gasteiger partial charge is 0.464 e. The lowest BCUT2D eigenvalue weighted by molar-refractivity contribution is -0.166. The Morgan fingerprint density at radius 2 is 1.61 bits per heavy atom. The summed E-state index contributed by atoms with van der Waals surface area (Å²) in [5.74, 6) is -3.15. The second-order valence-electron chi connectivity index (χ2n) is 12.3. The minimum atomic E-state index is -1.47. The summed E-state index contributed by atoms with van der Waals surface area (Å²) in [7, 11) is 0. The highest BCUT2D eigenvalue weighted by Gasteiger charge is 2.54. The Balaban J connectivity index is 1.73. The summed E-state index contributed by atoms with van der Waals surface area (Å²) in [5, 5.41) is 6.11. The number of amides is 2. The van der Waals surface area contributed by atoms with E-state index in [1.807, 2.05) is 24.3 Å². The maximum Gasteiger partial charge on any atom is 0.408 e. The van der Waals surface area contributed by atoms with Crippen molar-refractivity contribution in [1.82, 2.24) is 25.2 Å². The van der Waals surface area contributed by atoms with Crippen molar-refractivity contribution in [1.29, 1.82) is 0 Å². The molecule has 1 aliphatic rings. The number of esters is 3. The molecule has 2 amide bonds. The van der Waals surface area contributed by atoms with Gasteiger partial charge in [0.15, 0.2) is 18.4 Å². The predicted octanol–water partition coefficient (Wildman–Crippen LogP) is 0.963. The van der Waals surface area contributed by atoms with Crippen LogP contribution in [0.15, 0.2) is 52.3 Å². The molecule has 0 bridgehead atoms. The minimum absolute atomic E-state index is 0.0141. The third-order valence-electron chi connectivity index (χ3n) is 7.25. The molecule has 0 aliphatic carbocycles. The maximum atomic E-state index is 14.1. The van der Waals surface area contributed by atoms with Crippen molar-refractivity contribution in [3.8, 4) is 0 Å². The van der Waals surface area contributed by atoms with E-state index in [2.05, 4.69) is 20.6 Å². The van der Waals surface area contributed by atoms with Gasteiger partial charge < -0.3 is 39.3 Å². The van der Waals surface area contributed by atoms with Gasteiger partial charge >= 0.3 is 29.7 Å². The fraction of sp³-hybridized carbons (Fsp3) is 0.469. The average molecular weight is 686 g/mol. The fourth-order valence-electron chi connectivity index (χ4n) is 5.37. The molecule has 0 radical (unpaired) electrons. The van der Waals surface area contributed by atoms with Crippen LogP contribution in [0.25, 0.3) is 10.9 Å². The number of carbonyl (C=O) groups is 5. The Morgan fingerprint density at radius 1 is 0.939 bits per heavy atom. The Hall–Kier alpha value is -5.45. The van der Waals surface area contributed by atoms with Gasteiger partial charge in [-0.2, -0.15) is 0 Å². The minimum Gasteiger partial charge on any atom is -0.464 e. The molecule has 2 aromatic heterocycles. The monoisotopic (exact) mass is 685 g/mol. The molecule has 0 unspecified atom stereocenters. The topological polar surface area (TPSA) is 226 Å². The van der Waals surface area contributed by atoms with Gasteiger partial charge in [0, 0.05) is 56.6 Å².